The van der Waals surface area contributed by atoms with Gasteiger partial charge in [0.25, 0.3) is 5.56 Å². The van der Waals surface area contributed by atoms with Crippen LogP contribution < -0.4 is 10.5 Å². The summed E-state index contributed by atoms with van der Waals surface area (Å²) in [5.41, 5.74) is 1.54. The highest BCUT2D eigenvalue weighted by Gasteiger charge is 2.23. The molecule has 3 aromatic heterocycles. The Hall–Kier alpha value is -2.70. The van der Waals surface area contributed by atoms with Gasteiger partial charge in [0.2, 0.25) is 0 Å². The van der Waals surface area contributed by atoms with E-state index in [-0.39, 0.29) is 5.56 Å². The van der Waals surface area contributed by atoms with E-state index >= 15 is 0 Å². The van der Waals surface area contributed by atoms with Crippen LogP contribution in [0.2, 0.25) is 0 Å². The molecule has 0 radical (unpaired) electrons. The fourth-order valence-corrected chi connectivity index (χ4v) is 3.30. The molecular weight excluding hydrogens is 306 g/mol. The molecule has 0 atom stereocenters. The van der Waals surface area contributed by atoms with E-state index in [1.54, 1.807) is 36.5 Å². The van der Waals surface area contributed by atoms with Gasteiger partial charge in [-0.1, -0.05) is 0 Å². The van der Waals surface area contributed by atoms with Crippen LogP contribution in [0.5, 0.6) is 0 Å². The minimum absolute atomic E-state index is 0.0543. The summed E-state index contributed by atoms with van der Waals surface area (Å²) in [6, 6.07) is 1.90. The molecule has 4 heterocycles. The number of aryl methyl sites for hydroxylation is 1. The molecule has 1 fully saturated rings. The van der Waals surface area contributed by atoms with Gasteiger partial charge in [0.15, 0.2) is 11.4 Å². The van der Waals surface area contributed by atoms with Crippen LogP contribution in [0, 0.1) is 12.8 Å². The number of hydrogen-bond acceptors (Lipinski definition) is 6. The van der Waals surface area contributed by atoms with Crippen LogP contribution in [0.1, 0.15) is 18.4 Å². The van der Waals surface area contributed by atoms with E-state index in [1.807, 2.05) is 6.07 Å². The highest BCUT2D eigenvalue weighted by Crippen LogP contribution is 2.28. The molecule has 0 amide bonds. The second kappa shape index (κ2) is 6.07. The molecule has 0 saturated carbocycles. The smallest absolute Gasteiger partial charge is 0.256 e. The Bertz CT molecular complexity index is 908. The molecule has 7 heteroatoms. The van der Waals surface area contributed by atoms with E-state index in [4.69, 9.17) is 4.42 Å². The van der Waals surface area contributed by atoms with Gasteiger partial charge in [-0.05, 0) is 31.7 Å². The zero-order valence-corrected chi connectivity index (χ0v) is 13.6. The van der Waals surface area contributed by atoms with Crippen LogP contribution in [0.4, 0.5) is 5.82 Å². The Morgan fingerprint density at radius 3 is 2.96 bits per heavy atom. The lowest BCUT2D eigenvalue weighted by molar-refractivity contribution is 0.349. The summed E-state index contributed by atoms with van der Waals surface area (Å²) in [6.07, 6.45) is 8.63. The number of fused-ring (bicyclic) bond motifs is 1. The summed E-state index contributed by atoms with van der Waals surface area (Å²) in [5, 5.41) is 9.29. The fourth-order valence-electron chi connectivity index (χ4n) is 3.30. The summed E-state index contributed by atoms with van der Waals surface area (Å²) >= 11 is 0. The normalized spacial score (nSPS) is 16.0. The van der Waals surface area contributed by atoms with Crippen molar-refractivity contribution in [1.82, 2.24) is 19.7 Å². The summed E-state index contributed by atoms with van der Waals surface area (Å²) in [7, 11) is 0. The third-order valence-corrected chi connectivity index (χ3v) is 4.69. The average Bonchev–Trinajstić information content (AvgIpc) is 3.08. The lowest BCUT2D eigenvalue weighted by atomic mass is 9.96. The SMILES string of the molecule is Cc1cncn(CC2CCN(c3nncc4ccoc34)CC2)c1=O. The first-order valence-corrected chi connectivity index (χ1v) is 8.17. The van der Waals surface area contributed by atoms with Gasteiger partial charge < -0.3 is 9.32 Å². The van der Waals surface area contributed by atoms with Crippen molar-refractivity contribution in [3.8, 4) is 0 Å². The van der Waals surface area contributed by atoms with Crippen molar-refractivity contribution >= 4 is 16.8 Å². The molecule has 1 aliphatic heterocycles. The van der Waals surface area contributed by atoms with Crippen LogP contribution in [-0.2, 0) is 6.54 Å². The molecular formula is C17H19N5O2. The van der Waals surface area contributed by atoms with Crippen molar-refractivity contribution < 1.29 is 4.42 Å². The van der Waals surface area contributed by atoms with Crippen molar-refractivity contribution in [1.29, 1.82) is 0 Å². The van der Waals surface area contributed by atoms with Gasteiger partial charge in [0.1, 0.15) is 0 Å². The van der Waals surface area contributed by atoms with E-state index in [9.17, 15) is 4.79 Å². The van der Waals surface area contributed by atoms with Crippen LogP contribution in [0.3, 0.4) is 0 Å². The minimum Gasteiger partial charge on any atom is -0.460 e. The summed E-state index contributed by atoms with van der Waals surface area (Å²) in [6.45, 7) is 4.29. The first-order valence-electron chi connectivity index (χ1n) is 8.17. The fraction of sp³-hybridized carbons (Fsp3) is 0.412. The van der Waals surface area contributed by atoms with Gasteiger partial charge in [0, 0.05) is 36.8 Å². The van der Waals surface area contributed by atoms with Crippen LogP contribution in [-0.4, -0.2) is 32.8 Å². The maximum atomic E-state index is 12.1. The van der Waals surface area contributed by atoms with Crippen molar-refractivity contribution in [2.45, 2.75) is 26.3 Å². The molecule has 124 valence electrons. The zero-order valence-electron chi connectivity index (χ0n) is 13.6. The second-order valence-electron chi connectivity index (χ2n) is 6.34. The van der Waals surface area contributed by atoms with Gasteiger partial charge in [-0.25, -0.2) is 4.98 Å². The largest absolute Gasteiger partial charge is 0.460 e. The molecule has 0 bridgehead atoms. The highest BCUT2D eigenvalue weighted by molar-refractivity contribution is 5.86. The molecule has 24 heavy (non-hydrogen) atoms. The maximum absolute atomic E-state index is 12.1. The maximum Gasteiger partial charge on any atom is 0.256 e. The third-order valence-electron chi connectivity index (χ3n) is 4.69. The predicted molar refractivity (Wildman–Crippen MR) is 90.0 cm³/mol. The van der Waals surface area contributed by atoms with Crippen LogP contribution in [0.15, 0.2) is 40.3 Å². The second-order valence-corrected chi connectivity index (χ2v) is 6.34. The number of piperidine rings is 1. The lowest BCUT2D eigenvalue weighted by Gasteiger charge is -2.32. The summed E-state index contributed by atoms with van der Waals surface area (Å²) in [5.74, 6) is 1.27. The van der Waals surface area contributed by atoms with Gasteiger partial charge in [0.05, 0.1) is 18.8 Å². The molecule has 0 N–H and O–H groups in total. The standard InChI is InChI=1S/C17H19N5O2/c1-12-8-18-11-22(17(12)23)10-13-2-5-21(6-3-13)16-15-14(4-7-24-15)9-19-20-16/h4,7-9,11,13H,2-3,5-6,10H2,1H3. The molecule has 0 spiro atoms. The Kier molecular flexibility index (Phi) is 3.76. The number of hydrogen-bond donors (Lipinski definition) is 0. The van der Waals surface area contributed by atoms with E-state index in [0.29, 0.717) is 11.5 Å². The Labute approximate surface area is 138 Å². The summed E-state index contributed by atoms with van der Waals surface area (Å²) in [4.78, 5) is 18.5. The Morgan fingerprint density at radius 1 is 1.29 bits per heavy atom. The van der Waals surface area contributed by atoms with Crippen molar-refractivity contribution in [3.05, 3.63) is 47.0 Å². The van der Waals surface area contributed by atoms with E-state index in [2.05, 4.69) is 20.1 Å². The number of nitrogens with zero attached hydrogens (tertiary/aromatic N) is 5. The molecule has 4 rings (SSSR count). The number of rotatable bonds is 3. The van der Waals surface area contributed by atoms with Gasteiger partial charge in [-0.15, -0.1) is 5.10 Å². The van der Waals surface area contributed by atoms with Crippen LogP contribution >= 0.6 is 0 Å². The topological polar surface area (TPSA) is 77.1 Å². The number of furan rings is 1. The molecule has 7 nitrogen and oxygen atoms in total. The van der Waals surface area contributed by atoms with Crippen molar-refractivity contribution in [2.75, 3.05) is 18.0 Å². The van der Waals surface area contributed by atoms with E-state index < -0.39 is 0 Å². The first kappa shape index (κ1) is 14.9. The Morgan fingerprint density at radius 2 is 2.12 bits per heavy atom. The summed E-state index contributed by atoms with van der Waals surface area (Å²) < 4.78 is 7.28. The molecule has 0 aliphatic carbocycles. The monoisotopic (exact) mass is 325 g/mol. The van der Waals surface area contributed by atoms with Crippen LogP contribution in [0.25, 0.3) is 11.0 Å². The van der Waals surface area contributed by atoms with Gasteiger partial charge in [-0.2, -0.15) is 5.10 Å². The molecule has 1 aliphatic rings. The third kappa shape index (κ3) is 2.66. The van der Waals surface area contributed by atoms with E-state index in [0.717, 1.165) is 49.3 Å². The predicted octanol–water partition coefficient (Wildman–Crippen LogP) is 2.00. The molecule has 1 saturated heterocycles. The molecule has 0 unspecified atom stereocenters. The zero-order chi connectivity index (χ0) is 16.5. The molecule has 0 aromatic carbocycles. The van der Waals surface area contributed by atoms with E-state index in [1.165, 1.54) is 0 Å². The van der Waals surface area contributed by atoms with Gasteiger partial charge >= 0.3 is 0 Å². The van der Waals surface area contributed by atoms with Crippen molar-refractivity contribution in [3.63, 3.8) is 0 Å². The number of anilines is 1. The van der Waals surface area contributed by atoms with Crippen molar-refractivity contribution in [2.24, 2.45) is 5.92 Å². The van der Waals surface area contributed by atoms with Gasteiger partial charge in [-0.3, -0.25) is 9.36 Å². The Balaban J connectivity index is 1.46. The number of aromatic nitrogens is 4. The lowest BCUT2D eigenvalue weighted by Crippen LogP contribution is -2.37. The minimum atomic E-state index is 0.0543. The highest BCUT2D eigenvalue weighted by atomic mass is 16.3. The average molecular weight is 325 g/mol. The quantitative estimate of drug-likeness (QED) is 0.733. The molecule has 3 aromatic rings. The first-order chi connectivity index (χ1) is 11.7.